The Balaban J connectivity index is 1.95. The third-order valence-corrected chi connectivity index (χ3v) is 4.04. The van der Waals surface area contributed by atoms with Gasteiger partial charge in [0.15, 0.2) is 5.01 Å². The van der Waals surface area contributed by atoms with Crippen molar-refractivity contribution in [3.05, 3.63) is 29.3 Å². The zero-order chi connectivity index (χ0) is 15.3. The average molecular weight is 305 g/mol. The normalized spacial score (nSPS) is 11.6. The number of rotatable bonds is 6. The Morgan fingerprint density at radius 2 is 1.95 bits per heavy atom. The Labute approximate surface area is 130 Å². The van der Waals surface area contributed by atoms with Crippen LogP contribution in [0.3, 0.4) is 0 Å². The molecule has 114 valence electrons. The third-order valence-electron chi connectivity index (χ3n) is 3.03. The number of benzene rings is 1. The van der Waals surface area contributed by atoms with Crippen LogP contribution in [0.5, 0.6) is 5.75 Å². The van der Waals surface area contributed by atoms with Crippen molar-refractivity contribution in [1.29, 1.82) is 0 Å². The number of ether oxygens (including phenoxy) is 1. The van der Waals surface area contributed by atoms with Crippen molar-refractivity contribution >= 4 is 11.3 Å². The molecule has 0 spiro atoms. The van der Waals surface area contributed by atoms with Gasteiger partial charge in [-0.1, -0.05) is 23.5 Å². The minimum absolute atomic E-state index is 0.170. The third kappa shape index (κ3) is 4.79. The summed E-state index contributed by atoms with van der Waals surface area (Å²) in [7, 11) is 1.68. The lowest BCUT2D eigenvalue weighted by atomic mass is 10.1. The van der Waals surface area contributed by atoms with Crippen LogP contribution in [0.1, 0.15) is 32.2 Å². The highest BCUT2D eigenvalue weighted by atomic mass is 32.1. The van der Waals surface area contributed by atoms with Gasteiger partial charge in [-0.25, -0.2) is 0 Å². The summed E-state index contributed by atoms with van der Waals surface area (Å²) in [5.41, 5.74) is 1.18. The fraction of sp³-hybridized carbons (Fsp3) is 0.500. The summed E-state index contributed by atoms with van der Waals surface area (Å²) in [5.74, 6) is 0.842. The first-order valence-electron chi connectivity index (χ1n) is 7.20. The van der Waals surface area contributed by atoms with Gasteiger partial charge in [0.05, 0.1) is 12.7 Å². The highest BCUT2D eigenvalue weighted by molar-refractivity contribution is 7.14. The van der Waals surface area contributed by atoms with Crippen LogP contribution < -0.4 is 10.1 Å². The largest absolute Gasteiger partial charge is 0.496 e. The van der Waals surface area contributed by atoms with Gasteiger partial charge in [0.2, 0.25) is 0 Å². The summed E-state index contributed by atoms with van der Waals surface area (Å²) in [6, 6.07) is 7.92. The first-order valence-corrected chi connectivity index (χ1v) is 8.02. The molecule has 1 heterocycles. The van der Waals surface area contributed by atoms with Crippen molar-refractivity contribution in [2.75, 3.05) is 13.7 Å². The van der Waals surface area contributed by atoms with E-state index in [4.69, 9.17) is 4.74 Å². The molecule has 4 nitrogen and oxygen atoms in total. The molecule has 0 bridgehead atoms. The number of methoxy groups -OCH3 is 1. The van der Waals surface area contributed by atoms with Crippen molar-refractivity contribution in [2.24, 2.45) is 0 Å². The van der Waals surface area contributed by atoms with Crippen molar-refractivity contribution < 1.29 is 4.74 Å². The molecule has 0 fully saturated rings. The second kappa shape index (κ2) is 7.00. The van der Waals surface area contributed by atoms with E-state index in [0.717, 1.165) is 40.7 Å². The summed E-state index contributed by atoms with van der Waals surface area (Å²) in [4.78, 5) is 0. The number of hydrogen-bond acceptors (Lipinski definition) is 5. The van der Waals surface area contributed by atoms with Crippen molar-refractivity contribution in [3.63, 3.8) is 0 Å². The molecule has 0 aliphatic rings. The standard InChI is InChI=1S/C16H23N3OS/c1-16(2,3)17-11-7-10-14-18-19-15(21-14)12-8-5-6-9-13(12)20-4/h5-6,8-9,17H,7,10-11H2,1-4H3. The molecule has 21 heavy (non-hydrogen) atoms. The Bertz CT molecular complexity index is 575. The van der Waals surface area contributed by atoms with Gasteiger partial charge in [-0.3, -0.25) is 0 Å². The molecular formula is C16H23N3OS. The molecule has 0 saturated carbocycles. The fourth-order valence-electron chi connectivity index (χ4n) is 1.99. The molecule has 0 saturated heterocycles. The SMILES string of the molecule is COc1ccccc1-c1nnc(CCCNC(C)(C)C)s1. The van der Waals surface area contributed by atoms with E-state index in [-0.39, 0.29) is 5.54 Å². The molecule has 2 aromatic rings. The number of hydrogen-bond donors (Lipinski definition) is 1. The fourth-order valence-corrected chi connectivity index (χ4v) is 2.90. The minimum Gasteiger partial charge on any atom is -0.496 e. The molecule has 0 aliphatic carbocycles. The Hall–Kier alpha value is -1.46. The summed E-state index contributed by atoms with van der Waals surface area (Å²) in [6.07, 6.45) is 2.02. The molecule has 0 radical (unpaired) electrons. The predicted octanol–water partition coefficient (Wildman–Crippen LogP) is 3.53. The molecule has 1 N–H and O–H groups in total. The van der Waals surface area contributed by atoms with Gasteiger partial charge in [0.25, 0.3) is 0 Å². The topological polar surface area (TPSA) is 47.0 Å². The van der Waals surface area contributed by atoms with E-state index in [2.05, 4.69) is 36.3 Å². The van der Waals surface area contributed by atoms with E-state index < -0.39 is 0 Å². The quantitative estimate of drug-likeness (QED) is 0.829. The van der Waals surface area contributed by atoms with Crippen LogP contribution in [0.4, 0.5) is 0 Å². The zero-order valence-corrected chi connectivity index (χ0v) is 14.0. The predicted molar refractivity (Wildman–Crippen MR) is 88.0 cm³/mol. The van der Waals surface area contributed by atoms with E-state index >= 15 is 0 Å². The van der Waals surface area contributed by atoms with Gasteiger partial charge in [0, 0.05) is 12.0 Å². The van der Waals surface area contributed by atoms with E-state index in [9.17, 15) is 0 Å². The highest BCUT2D eigenvalue weighted by Gasteiger charge is 2.12. The summed E-state index contributed by atoms with van der Waals surface area (Å²) >= 11 is 1.64. The van der Waals surface area contributed by atoms with Gasteiger partial charge in [-0.2, -0.15) is 0 Å². The minimum atomic E-state index is 0.170. The van der Waals surface area contributed by atoms with Crippen LogP contribution in [0.2, 0.25) is 0 Å². The van der Waals surface area contributed by atoms with Crippen LogP contribution in [0.15, 0.2) is 24.3 Å². The van der Waals surface area contributed by atoms with E-state index in [1.807, 2.05) is 24.3 Å². The smallest absolute Gasteiger partial charge is 0.151 e. The molecule has 1 aromatic carbocycles. The Morgan fingerprint density at radius 3 is 2.67 bits per heavy atom. The second-order valence-corrected chi connectivity index (χ2v) is 7.04. The number of nitrogens with zero attached hydrogens (tertiary/aromatic N) is 2. The van der Waals surface area contributed by atoms with Crippen LogP contribution >= 0.6 is 11.3 Å². The van der Waals surface area contributed by atoms with Crippen molar-refractivity contribution in [2.45, 2.75) is 39.2 Å². The van der Waals surface area contributed by atoms with E-state index in [1.54, 1.807) is 18.4 Å². The van der Waals surface area contributed by atoms with Crippen LogP contribution in [-0.2, 0) is 6.42 Å². The molecule has 1 aromatic heterocycles. The first-order chi connectivity index (χ1) is 9.99. The number of para-hydroxylation sites is 1. The summed E-state index contributed by atoms with van der Waals surface area (Å²) in [6.45, 7) is 7.53. The van der Waals surface area contributed by atoms with E-state index in [1.165, 1.54) is 0 Å². The summed E-state index contributed by atoms with van der Waals surface area (Å²) < 4.78 is 5.37. The number of aromatic nitrogens is 2. The average Bonchev–Trinajstić information content (AvgIpc) is 2.91. The van der Waals surface area contributed by atoms with Gasteiger partial charge in [-0.05, 0) is 45.9 Å². The molecule has 0 amide bonds. The molecule has 0 aliphatic heterocycles. The van der Waals surface area contributed by atoms with Crippen molar-refractivity contribution in [3.8, 4) is 16.3 Å². The molecule has 0 atom stereocenters. The molecule has 0 unspecified atom stereocenters. The maximum absolute atomic E-state index is 5.37. The lowest BCUT2D eigenvalue weighted by Gasteiger charge is -2.20. The number of aryl methyl sites for hydroxylation is 1. The first kappa shape index (κ1) is 15.9. The number of nitrogens with one attached hydrogen (secondary N) is 1. The van der Waals surface area contributed by atoms with Gasteiger partial charge in [0.1, 0.15) is 10.8 Å². The second-order valence-electron chi connectivity index (χ2n) is 5.98. The van der Waals surface area contributed by atoms with Crippen LogP contribution in [0, 0.1) is 0 Å². The summed E-state index contributed by atoms with van der Waals surface area (Å²) in [5, 5.41) is 14.1. The maximum atomic E-state index is 5.37. The maximum Gasteiger partial charge on any atom is 0.151 e. The van der Waals surface area contributed by atoms with Crippen molar-refractivity contribution in [1.82, 2.24) is 15.5 Å². The lowest BCUT2D eigenvalue weighted by molar-refractivity contribution is 0.416. The lowest BCUT2D eigenvalue weighted by Crippen LogP contribution is -2.36. The van der Waals surface area contributed by atoms with Crippen LogP contribution in [0.25, 0.3) is 10.6 Å². The van der Waals surface area contributed by atoms with Gasteiger partial charge >= 0.3 is 0 Å². The van der Waals surface area contributed by atoms with Crippen LogP contribution in [-0.4, -0.2) is 29.4 Å². The molecular weight excluding hydrogens is 282 g/mol. The van der Waals surface area contributed by atoms with Gasteiger partial charge in [-0.15, -0.1) is 10.2 Å². The zero-order valence-electron chi connectivity index (χ0n) is 13.1. The Kier molecular flexibility index (Phi) is 5.31. The molecule has 2 rings (SSSR count). The van der Waals surface area contributed by atoms with E-state index in [0.29, 0.717) is 0 Å². The van der Waals surface area contributed by atoms with Gasteiger partial charge < -0.3 is 10.1 Å². The highest BCUT2D eigenvalue weighted by Crippen LogP contribution is 2.31. The molecule has 5 heteroatoms. The monoisotopic (exact) mass is 305 g/mol. The Morgan fingerprint density at radius 1 is 1.19 bits per heavy atom.